The van der Waals surface area contributed by atoms with Crippen molar-refractivity contribution in [3.05, 3.63) is 85.6 Å². The maximum absolute atomic E-state index is 13.2. The summed E-state index contributed by atoms with van der Waals surface area (Å²) < 4.78 is 0. The van der Waals surface area contributed by atoms with Crippen LogP contribution < -0.4 is 10.2 Å². The van der Waals surface area contributed by atoms with Crippen LogP contribution in [0.4, 0.5) is 11.4 Å². The first-order valence-electron chi connectivity index (χ1n) is 8.84. The number of carbonyl (C=O) groups excluding carboxylic acids is 2. The number of halogens is 1. The predicted molar refractivity (Wildman–Crippen MR) is 124 cm³/mol. The molecule has 0 unspecified atom stereocenters. The Morgan fingerprint density at radius 3 is 2.48 bits per heavy atom. The van der Waals surface area contributed by atoms with Crippen molar-refractivity contribution in [3.63, 3.8) is 0 Å². The Labute approximate surface area is 190 Å². The molecule has 0 bridgehead atoms. The van der Waals surface area contributed by atoms with Gasteiger partial charge in [0, 0.05) is 10.4 Å². The molecule has 0 aliphatic carbocycles. The molecule has 7 nitrogen and oxygen atoms in total. The molecule has 31 heavy (non-hydrogen) atoms. The SMILES string of the molecule is O=C1NC(=S)N(c2ccc(Cl)cc2)C(=O)/C1=C/c1ccccc1-c1cscc1[N+](=O)[O-]. The van der Waals surface area contributed by atoms with Gasteiger partial charge in [0.25, 0.3) is 17.5 Å². The first kappa shape index (κ1) is 20.9. The Bertz CT molecular complexity index is 1270. The summed E-state index contributed by atoms with van der Waals surface area (Å²) in [6, 6.07) is 13.3. The smallest absolute Gasteiger partial charge is 0.287 e. The van der Waals surface area contributed by atoms with Gasteiger partial charge in [-0.2, -0.15) is 0 Å². The summed E-state index contributed by atoms with van der Waals surface area (Å²) in [5.41, 5.74) is 1.71. The van der Waals surface area contributed by atoms with Crippen LogP contribution >= 0.6 is 35.2 Å². The normalized spacial score (nSPS) is 15.3. The third kappa shape index (κ3) is 3.98. The van der Waals surface area contributed by atoms with E-state index in [0.29, 0.717) is 27.4 Å². The molecular formula is C21H12ClN3O4S2. The third-order valence-electron chi connectivity index (χ3n) is 4.58. The lowest BCUT2D eigenvalue weighted by atomic mass is 9.98. The quantitative estimate of drug-likeness (QED) is 0.195. The second-order valence-corrected chi connectivity index (χ2v) is 8.02. The van der Waals surface area contributed by atoms with Gasteiger partial charge >= 0.3 is 0 Å². The molecule has 2 heterocycles. The van der Waals surface area contributed by atoms with E-state index >= 15 is 0 Å². The van der Waals surface area contributed by atoms with E-state index in [4.69, 9.17) is 23.8 Å². The first-order chi connectivity index (χ1) is 14.9. The molecule has 1 saturated heterocycles. The molecule has 1 N–H and O–H groups in total. The van der Waals surface area contributed by atoms with Crippen LogP contribution in [0, 0.1) is 10.1 Å². The second-order valence-electron chi connectivity index (χ2n) is 6.45. The number of nitrogens with zero attached hydrogens (tertiary/aromatic N) is 2. The second kappa shape index (κ2) is 8.38. The van der Waals surface area contributed by atoms with Crippen LogP contribution in [0.1, 0.15) is 5.56 Å². The molecule has 10 heteroatoms. The summed E-state index contributed by atoms with van der Waals surface area (Å²) in [7, 11) is 0. The van der Waals surface area contributed by atoms with E-state index in [2.05, 4.69) is 5.32 Å². The zero-order valence-electron chi connectivity index (χ0n) is 15.6. The van der Waals surface area contributed by atoms with E-state index in [-0.39, 0.29) is 16.4 Å². The summed E-state index contributed by atoms with van der Waals surface area (Å²) in [4.78, 5) is 37.9. The number of hydrogen-bond acceptors (Lipinski definition) is 6. The Morgan fingerprint density at radius 2 is 1.77 bits per heavy atom. The topological polar surface area (TPSA) is 92.6 Å². The van der Waals surface area contributed by atoms with Crippen LogP contribution in [0.2, 0.25) is 5.02 Å². The van der Waals surface area contributed by atoms with Gasteiger partial charge in [-0.15, -0.1) is 11.3 Å². The minimum atomic E-state index is -0.644. The van der Waals surface area contributed by atoms with Gasteiger partial charge in [-0.25, -0.2) is 0 Å². The zero-order chi connectivity index (χ0) is 22.1. The molecule has 0 atom stereocenters. The standard InChI is InChI=1S/C21H12ClN3O4S2/c22-13-5-7-14(8-6-13)24-20(27)16(19(26)23-21(24)30)9-12-3-1-2-4-15(12)17-10-31-11-18(17)25(28)29/h1-11H,(H,23,26,30)/b16-9+. The molecule has 154 valence electrons. The molecule has 2 aromatic carbocycles. The van der Waals surface area contributed by atoms with Gasteiger partial charge in [-0.1, -0.05) is 35.9 Å². The molecule has 0 spiro atoms. The number of thiocarbonyl (C=S) groups is 1. The number of nitro groups is 1. The number of anilines is 1. The van der Waals surface area contributed by atoms with E-state index in [1.807, 2.05) is 0 Å². The predicted octanol–water partition coefficient (Wildman–Crippen LogP) is 4.81. The van der Waals surface area contributed by atoms with Gasteiger partial charge in [0.2, 0.25) is 0 Å². The van der Waals surface area contributed by atoms with Crippen molar-refractivity contribution in [2.75, 3.05) is 4.90 Å². The van der Waals surface area contributed by atoms with Gasteiger partial charge in [-0.05, 0) is 53.7 Å². The third-order valence-corrected chi connectivity index (χ3v) is 5.84. The fraction of sp³-hybridized carbons (Fsp3) is 0. The summed E-state index contributed by atoms with van der Waals surface area (Å²) in [5.74, 6) is -1.25. The molecule has 0 saturated carbocycles. The molecule has 1 aliphatic heterocycles. The largest absolute Gasteiger partial charge is 0.298 e. The lowest BCUT2D eigenvalue weighted by molar-refractivity contribution is -0.383. The maximum atomic E-state index is 13.2. The minimum absolute atomic E-state index is 0.0424. The monoisotopic (exact) mass is 469 g/mol. The molecule has 1 aliphatic rings. The van der Waals surface area contributed by atoms with Crippen LogP contribution in [-0.4, -0.2) is 21.9 Å². The highest BCUT2D eigenvalue weighted by Crippen LogP contribution is 2.36. The van der Waals surface area contributed by atoms with Gasteiger partial charge < -0.3 is 0 Å². The van der Waals surface area contributed by atoms with Gasteiger partial charge in [0.05, 0.1) is 21.6 Å². The molecular weight excluding hydrogens is 458 g/mol. The van der Waals surface area contributed by atoms with E-state index in [9.17, 15) is 19.7 Å². The van der Waals surface area contributed by atoms with E-state index in [0.717, 1.165) is 0 Å². The first-order valence-corrected chi connectivity index (χ1v) is 10.6. The molecule has 0 radical (unpaired) electrons. The number of nitrogens with one attached hydrogen (secondary N) is 1. The number of amides is 2. The summed E-state index contributed by atoms with van der Waals surface area (Å²) in [6.45, 7) is 0. The fourth-order valence-corrected chi connectivity index (χ4v) is 4.34. The maximum Gasteiger partial charge on any atom is 0.287 e. The number of rotatable bonds is 4. The number of hydrogen-bond donors (Lipinski definition) is 1. The van der Waals surface area contributed by atoms with Gasteiger partial charge in [-0.3, -0.25) is 29.9 Å². The van der Waals surface area contributed by atoms with Crippen molar-refractivity contribution in [2.24, 2.45) is 0 Å². The fourth-order valence-electron chi connectivity index (χ4n) is 3.14. The minimum Gasteiger partial charge on any atom is -0.298 e. The Balaban J connectivity index is 1.80. The zero-order valence-corrected chi connectivity index (χ0v) is 18.0. The van der Waals surface area contributed by atoms with E-state index < -0.39 is 16.7 Å². The van der Waals surface area contributed by atoms with Crippen LogP contribution in [0.15, 0.2) is 64.9 Å². The van der Waals surface area contributed by atoms with Crippen LogP contribution in [0.25, 0.3) is 17.2 Å². The molecule has 1 fully saturated rings. The summed E-state index contributed by atoms with van der Waals surface area (Å²) >= 11 is 12.3. The van der Waals surface area contributed by atoms with E-state index in [1.165, 1.54) is 27.7 Å². The highest BCUT2D eigenvalue weighted by atomic mass is 35.5. The molecule has 2 amide bonds. The number of thiophene rings is 1. The lowest BCUT2D eigenvalue weighted by Crippen LogP contribution is -2.54. The Hall–Kier alpha value is -3.40. The summed E-state index contributed by atoms with van der Waals surface area (Å²) in [5, 5.41) is 17.4. The lowest BCUT2D eigenvalue weighted by Gasteiger charge is -2.29. The number of carbonyl (C=O) groups is 2. The molecule has 3 aromatic rings. The molecule has 1 aromatic heterocycles. The van der Waals surface area contributed by atoms with Gasteiger partial charge in [0.1, 0.15) is 5.57 Å². The summed E-state index contributed by atoms with van der Waals surface area (Å²) in [6.07, 6.45) is 1.42. The van der Waals surface area contributed by atoms with Gasteiger partial charge in [0.15, 0.2) is 5.11 Å². The van der Waals surface area contributed by atoms with Crippen molar-refractivity contribution in [1.82, 2.24) is 5.32 Å². The van der Waals surface area contributed by atoms with Crippen molar-refractivity contribution in [2.45, 2.75) is 0 Å². The molecule has 4 rings (SSSR count). The van der Waals surface area contributed by atoms with Crippen molar-refractivity contribution < 1.29 is 14.5 Å². The highest BCUT2D eigenvalue weighted by molar-refractivity contribution is 7.80. The van der Waals surface area contributed by atoms with Crippen LogP contribution in [0.5, 0.6) is 0 Å². The van der Waals surface area contributed by atoms with Crippen molar-refractivity contribution >= 4 is 69.5 Å². The average Bonchev–Trinajstić information content (AvgIpc) is 3.23. The van der Waals surface area contributed by atoms with Crippen LogP contribution in [0.3, 0.4) is 0 Å². The number of benzene rings is 2. The highest BCUT2D eigenvalue weighted by Gasteiger charge is 2.34. The Kier molecular flexibility index (Phi) is 5.64. The Morgan fingerprint density at radius 1 is 1.06 bits per heavy atom. The van der Waals surface area contributed by atoms with Crippen molar-refractivity contribution in [3.8, 4) is 11.1 Å². The van der Waals surface area contributed by atoms with Crippen molar-refractivity contribution in [1.29, 1.82) is 0 Å². The van der Waals surface area contributed by atoms with Crippen LogP contribution in [-0.2, 0) is 9.59 Å². The van der Waals surface area contributed by atoms with E-state index in [1.54, 1.807) is 53.9 Å². The average molecular weight is 470 g/mol.